The fourth-order valence-electron chi connectivity index (χ4n) is 1.94. The highest BCUT2D eigenvalue weighted by atomic mass is 35.5. The van der Waals surface area contributed by atoms with Crippen LogP contribution in [-0.4, -0.2) is 15.2 Å². The van der Waals surface area contributed by atoms with Crippen LogP contribution in [0.2, 0.25) is 0 Å². The summed E-state index contributed by atoms with van der Waals surface area (Å²) in [6.07, 6.45) is 0. The third kappa shape index (κ3) is 1.38. The van der Waals surface area contributed by atoms with Crippen LogP contribution < -0.4 is 0 Å². The first-order valence-corrected chi connectivity index (χ1v) is 4.40. The van der Waals surface area contributed by atoms with Crippen molar-refractivity contribution >= 4 is 23.2 Å². The van der Waals surface area contributed by atoms with Gasteiger partial charge < -0.3 is 4.98 Å². The summed E-state index contributed by atoms with van der Waals surface area (Å²) >= 11 is 0. The predicted molar refractivity (Wildman–Crippen MR) is 60.1 cm³/mol. The molecule has 0 aromatic carbocycles. The van der Waals surface area contributed by atoms with Gasteiger partial charge in [-0.05, 0) is 27.7 Å². The molecule has 0 radical (unpaired) electrons. The summed E-state index contributed by atoms with van der Waals surface area (Å²) in [6.45, 7) is 8.14. The van der Waals surface area contributed by atoms with Crippen molar-refractivity contribution in [2.24, 2.45) is 0 Å². The number of fused-ring (bicyclic) bond motifs is 1. The maximum atomic E-state index is 4.11. The topological polar surface area (TPSA) is 41.6 Å². The third-order valence-electron chi connectivity index (χ3n) is 2.45. The van der Waals surface area contributed by atoms with Gasteiger partial charge in [-0.1, -0.05) is 0 Å². The lowest BCUT2D eigenvalue weighted by atomic mass is 10.1. The molecule has 0 aliphatic heterocycles. The summed E-state index contributed by atoms with van der Waals surface area (Å²) in [5.74, 6) is 0. The molecular weight excluding hydrogens is 198 g/mol. The second-order valence-electron chi connectivity index (χ2n) is 3.50. The minimum atomic E-state index is 0. The van der Waals surface area contributed by atoms with Crippen LogP contribution in [0.5, 0.6) is 0 Å². The largest absolute Gasteiger partial charge is 0.362 e. The van der Waals surface area contributed by atoms with Gasteiger partial charge in [0.2, 0.25) is 0 Å². The summed E-state index contributed by atoms with van der Waals surface area (Å²) in [5.41, 5.74) is 4.37. The maximum absolute atomic E-state index is 4.11. The number of nitrogens with zero attached hydrogens (tertiary/aromatic N) is 2. The Morgan fingerprint density at radius 1 is 0.786 bits per heavy atom. The smallest absolute Gasteiger partial charge is 0.0696 e. The number of hydrogen-bond donors (Lipinski definition) is 1. The number of aryl methyl sites for hydroxylation is 4. The summed E-state index contributed by atoms with van der Waals surface area (Å²) in [7, 11) is 0. The highest BCUT2D eigenvalue weighted by molar-refractivity contribution is 5.91. The van der Waals surface area contributed by atoms with E-state index in [0.29, 0.717) is 0 Å². The second-order valence-corrected chi connectivity index (χ2v) is 3.50. The van der Waals surface area contributed by atoms with Gasteiger partial charge in [-0.25, -0.2) is 0 Å². The number of aromatic nitrogens is 3. The monoisotopic (exact) mass is 211 g/mol. The van der Waals surface area contributed by atoms with Crippen LogP contribution >= 0.6 is 12.4 Å². The van der Waals surface area contributed by atoms with Gasteiger partial charge in [0, 0.05) is 22.2 Å². The molecule has 0 amide bonds. The summed E-state index contributed by atoms with van der Waals surface area (Å²) < 4.78 is 0. The van der Waals surface area contributed by atoms with Crippen molar-refractivity contribution < 1.29 is 0 Å². The average molecular weight is 212 g/mol. The molecule has 0 atom stereocenters. The summed E-state index contributed by atoms with van der Waals surface area (Å²) in [6, 6.07) is 0. The summed E-state index contributed by atoms with van der Waals surface area (Å²) in [5, 5.41) is 10.7. The molecule has 0 saturated carbocycles. The van der Waals surface area contributed by atoms with Gasteiger partial charge in [0.1, 0.15) is 0 Å². The van der Waals surface area contributed by atoms with E-state index in [2.05, 4.69) is 29.0 Å². The van der Waals surface area contributed by atoms with Crippen LogP contribution in [0.4, 0.5) is 0 Å². The van der Waals surface area contributed by atoms with Crippen molar-refractivity contribution in [3.63, 3.8) is 0 Å². The van der Waals surface area contributed by atoms with Crippen LogP contribution in [0.25, 0.3) is 10.8 Å². The van der Waals surface area contributed by atoms with Gasteiger partial charge >= 0.3 is 0 Å². The fraction of sp³-hybridized carbons (Fsp3) is 0.400. The van der Waals surface area contributed by atoms with Crippen LogP contribution in [0.15, 0.2) is 0 Å². The molecule has 2 rings (SSSR count). The van der Waals surface area contributed by atoms with Gasteiger partial charge in [-0.2, -0.15) is 10.2 Å². The SMILES string of the molecule is Cc1nnc(C)c2c(C)[nH]c(C)c12.Cl. The Morgan fingerprint density at radius 2 is 1.14 bits per heavy atom. The molecule has 1 N–H and O–H groups in total. The number of H-pyrrole nitrogens is 1. The zero-order valence-corrected chi connectivity index (χ0v) is 9.62. The van der Waals surface area contributed by atoms with E-state index in [0.717, 1.165) is 11.4 Å². The molecule has 2 heterocycles. The molecule has 2 aromatic rings. The van der Waals surface area contributed by atoms with E-state index < -0.39 is 0 Å². The molecule has 0 aliphatic carbocycles. The lowest BCUT2D eigenvalue weighted by molar-refractivity contribution is 0.964. The van der Waals surface area contributed by atoms with E-state index in [-0.39, 0.29) is 12.4 Å². The molecule has 4 heteroatoms. The van der Waals surface area contributed by atoms with Gasteiger partial charge in [0.05, 0.1) is 11.4 Å². The quantitative estimate of drug-likeness (QED) is 0.728. The highest BCUT2D eigenvalue weighted by Crippen LogP contribution is 2.25. The standard InChI is InChI=1S/C10H13N3.ClH/c1-5-9-7(3)12-13-8(4)10(9)6(2)11-5;/h11H,1-4H3;1H. The van der Waals surface area contributed by atoms with Crippen molar-refractivity contribution in [3.8, 4) is 0 Å². The van der Waals surface area contributed by atoms with Crippen molar-refractivity contribution in [3.05, 3.63) is 22.8 Å². The number of aromatic amines is 1. The van der Waals surface area contributed by atoms with E-state index in [1.165, 1.54) is 22.2 Å². The first kappa shape index (κ1) is 11.0. The molecule has 0 aliphatic rings. The third-order valence-corrected chi connectivity index (χ3v) is 2.45. The summed E-state index contributed by atoms with van der Waals surface area (Å²) in [4.78, 5) is 3.32. The minimum absolute atomic E-state index is 0. The molecule has 76 valence electrons. The molecule has 0 unspecified atom stereocenters. The normalized spacial score (nSPS) is 10.3. The van der Waals surface area contributed by atoms with Gasteiger partial charge in [-0.15, -0.1) is 12.4 Å². The molecule has 0 bridgehead atoms. The Morgan fingerprint density at radius 3 is 1.50 bits per heavy atom. The average Bonchev–Trinajstić information content (AvgIpc) is 2.36. The Labute approximate surface area is 89.3 Å². The molecule has 0 fully saturated rings. The fourth-order valence-corrected chi connectivity index (χ4v) is 1.94. The van der Waals surface area contributed by atoms with Crippen molar-refractivity contribution in [1.82, 2.24) is 15.2 Å². The van der Waals surface area contributed by atoms with Gasteiger partial charge in [-0.3, -0.25) is 0 Å². The Hall–Kier alpha value is -1.09. The van der Waals surface area contributed by atoms with Crippen LogP contribution in [0, 0.1) is 27.7 Å². The lowest BCUT2D eigenvalue weighted by Crippen LogP contribution is -1.91. The van der Waals surface area contributed by atoms with E-state index in [1.54, 1.807) is 0 Å². The Kier molecular flexibility index (Phi) is 2.81. The van der Waals surface area contributed by atoms with Crippen molar-refractivity contribution in [2.75, 3.05) is 0 Å². The number of halogens is 1. The number of nitrogens with one attached hydrogen (secondary N) is 1. The van der Waals surface area contributed by atoms with E-state index in [9.17, 15) is 0 Å². The van der Waals surface area contributed by atoms with E-state index in [1.807, 2.05) is 13.8 Å². The maximum Gasteiger partial charge on any atom is 0.0696 e. The molecular formula is C10H14ClN3. The van der Waals surface area contributed by atoms with Gasteiger partial charge in [0.15, 0.2) is 0 Å². The van der Waals surface area contributed by atoms with Crippen molar-refractivity contribution in [1.29, 1.82) is 0 Å². The second kappa shape index (κ2) is 3.58. The predicted octanol–water partition coefficient (Wildman–Crippen LogP) is 2.61. The number of hydrogen-bond acceptors (Lipinski definition) is 2. The molecule has 3 nitrogen and oxygen atoms in total. The van der Waals surface area contributed by atoms with Crippen molar-refractivity contribution in [2.45, 2.75) is 27.7 Å². The van der Waals surface area contributed by atoms with Crippen LogP contribution in [-0.2, 0) is 0 Å². The minimum Gasteiger partial charge on any atom is -0.362 e. The zero-order valence-electron chi connectivity index (χ0n) is 8.80. The first-order valence-electron chi connectivity index (χ1n) is 4.40. The molecule has 2 aromatic heterocycles. The Bertz CT molecular complexity index is 432. The Balaban J connectivity index is 0.000000980. The first-order chi connectivity index (χ1) is 6.11. The van der Waals surface area contributed by atoms with E-state index in [4.69, 9.17) is 0 Å². The number of rotatable bonds is 0. The molecule has 0 spiro atoms. The molecule has 0 saturated heterocycles. The van der Waals surface area contributed by atoms with E-state index >= 15 is 0 Å². The zero-order chi connectivity index (χ0) is 9.59. The molecule has 14 heavy (non-hydrogen) atoms. The van der Waals surface area contributed by atoms with Gasteiger partial charge in [0.25, 0.3) is 0 Å². The van der Waals surface area contributed by atoms with Crippen LogP contribution in [0.3, 0.4) is 0 Å². The van der Waals surface area contributed by atoms with Crippen LogP contribution in [0.1, 0.15) is 22.8 Å². The lowest BCUT2D eigenvalue weighted by Gasteiger charge is -1.98. The highest BCUT2D eigenvalue weighted by Gasteiger charge is 2.10.